The maximum atomic E-state index is 12.7. The molecule has 0 atom stereocenters. The normalized spacial score (nSPS) is 10.6. The van der Waals surface area contributed by atoms with E-state index in [1.165, 1.54) is 18.2 Å². The van der Waals surface area contributed by atoms with Crippen molar-refractivity contribution >= 4 is 23.4 Å². The van der Waals surface area contributed by atoms with E-state index in [0.29, 0.717) is 11.4 Å². The molecule has 0 spiro atoms. The van der Waals surface area contributed by atoms with Crippen molar-refractivity contribution in [3.05, 3.63) is 66.0 Å². The predicted molar refractivity (Wildman–Crippen MR) is 74.9 cm³/mol. The lowest BCUT2D eigenvalue weighted by atomic mass is 10.2. The van der Waals surface area contributed by atoms with Crippen molar-refractivity contribution in [2.75, 3.05) is 11.1 Å². The lowest BCUT2D eigenvalue weighted by molar-refractivity contribution is -0.111. The van der Waals surface area contributed by atoms with Crippen LogP contribution in [0.3, 0.4) is 0 Å². The van der Waals surface area contributed by atoms with Crippen LogP contribution < -0.4 is 11.1 Å². The smallest absolute Gasteiger partial charge is 0.248 e. The summed E-state index contributed by atoms with van der Waals surface area (Å²) in [4.78, 5) is 11.6. The molecule has 0 fully saturated rings. The van der Waals surface area contributed by atoms with Crippen LogP contribution in [0.25, 0.3) is 6.08 Å². The number of anilines is 2. The lowest BCUT2D eigenvalue weighted by Crippen LogP contribution is -2.07. The minimum atomic E-state index is -0.302. The highest BCUT2D eigenvalue weighted by Crippen LogP contribution is 2.10. The van der Waals surface area contributed by atoms with Gasteiger partial charge in [0.05, 0.1) is 0 Å². The first-order chi connectivity index (χ1) is 9.13. The van der Waals surface area contributed by atoms with E-state index in [-0.39, 0.29) is 11.7 Å². The highest BCUT2D eigenvalue weighted by Gasteiger charge is 1.97. The summed E-state index contributed by atoms with van der Waals surface area (Å²) in [5.74, 6) is -0.558. The Balaban J connectivity index is 1.97. The van der Waals surface area contributed by atoms with E-state index in [1.807, 2.05) is 0 Å². The number of benzene rings is 2. The number of nitrogen functional groups attached to an aromatic ring is 1. The molecule has 0 radical (unpaired) electrons. The molecule has 0 saturated heterocycles. The molecular formula is C15H13FN2O. The molecule has 0 aliphatic carbocycles. The summed E-state index contributed by atoms with van der Waals surface area (Å²) in [6.45, 7) is 0. The summed E-state index contributed by atoms with van der Waals surface area (Å²) < 4.78 is 12.7. The number of carbonyl (C=O) groups is 1. The quantitative estimate of drug-likeness (QED) is 0.655. The molecule has 0 heterocycles. The van der Waals surface area contributed by atoms with Crippen molar-refractivity contribution in [3.8, 4) is 0 Å². The summed E-state index contributed by atoms with van der Waals surface area (Å²) in [7, 11) is 0. The number of amides is 1. The Kier molecular flexibility index (Phi) is 3.93. The third-order valence-corrected chi connectivity index (χ3v) is 2.48. The van der Waals surface area contributed by atoms with Gasteiger partial charge < -0.3 is 11.1 Å². The topological polar surface area (TPSA) is 55.1 Å². The molecule has 0 aliphatic heterocycles. The minimum Gasteiger partial charge on any atom is -0.399 e. The molecule has 19 heavy (non-hydrogen) atoms. The summed E-state index contributed by atoms with van der Waals surface area (Å²) in [6, 6.07) is 12.7. The van der Waals surface area contributed by atoms with E-state index in [1.54, 1.807) is 42.5 Å². The second-order valence-electron chi connectivity index (χ2n) is 4.00. The van der Waals surface area contributed by atoms with Crippen LogP contribution in [0.1, 0.15) is 5.56 Å². The fourth-order valence-electron chi connectivity index (χ4n) is 1.50. The van der Waals surface area contributed by atoms with Crippen LogP contribution in [0.5, 0.6) is 0 Å². The third-order valence-electron chi connectivity index (χ3n) is 2.48. The van der Waals surface area contributed by atoms with Gasteiger partial charge in [-0.1, -0.05) is 12.1 Å². The number of nitrogens with one attached hydrogen (secondary N) is 1. The van der Waals surface area contributed by atoms with Crippen LogP contribution >= 0.6 is 0 Å². The van der Waals surface area contributed by atoms with Crippen LogP contribution in [-0.2, 0) is 4.79 Å². The van der Waals surface area contributed by atoms with Gasteiger partial charge >= 0.3 is 0 Å². The zero-order chi connectivity index (χ0) is 13.7. The van der Waals surface area contributed by atoms with Gasteiger partial charge in [-0.15, -0.1) is 0 Å². The van der Waals surface area contributed by atoms with Crippen LogP contribution in [-0.4, -0.2) is 5.91 Å². The molecule has 0 aliphatic rings. The van der Waals surface area contributed by atoms with Crippen molar-refractivity contribution < 1.29 is 9.18 Å². The second kappa shape index (κ2) is 5.82. The Hall–Kier alpha value is -2.62. The highest BCUT2D eigenvalue weighted by molar-refractivity contribution is 6.01. The molecule has 0 bridgehead atoms. The fraction of sp³-hybridized carbons (Fsp3) is 0. The van der Waals surface area contributed by atoms with Crippen molar-refractivity contribution in [2.45, 2.75) is 0 Å². The van der Waals surface area contributed by atoms with E-state index in [2.05, 4.69) is 5.32 Å². The highest BCUT2D eigenvalue weighted by atomic mass is 19.1. The average Bonchev–Trinajstić information content (AvgIpc) is 2.41. The van der Waals surface area contributed by atoms with E-state index >= 15 is 0 Å². The zero-order valence-corrected chi connectivity index (χ0v) is 10.1. The van der Waals surface area contributed by atoms with Gasteiger partial charge in [0.2, 0.25) is 5.91 Å². The Morgan fingerprint density at radius 3 is 2.32 bits per heavy atom. The Morgan fingerprint density at radius 2 is 1.68 bits per heavy atom. The predicted octanol–water partition coefficient (Wildman–Crippen LogP) is 3.06. The molecule has 3 N–H and O–H groups in total. The standard InChI is InChI=1S/C15H13FN2O/c16-12-4-1-11(2-5-12)3-10-15(19)18-14-8-6-13(17)7-9-14/h1-10H,17H2,(H,18,19)/b10-3+. The summed E-state index contributed by atoms with van der Waals surface area (Å²) in [5, 5.41) is 2.70. The first-order valence-corrected chi connectivity index (χ1v) is 5.74. The molecule has 0 saturated carbocycles. The maximum Gasteiger partial charge on any atom is 0.248 e. The molecule has 2 aromatic carbocycles. The van der Waals surface area contributed by atoms with Crippen molar-refractivity contribution in [2.24, 2.45) is 0 Å². The molecule has 4 heteroatoms. The zero-order valence-electron chi connectivity index (χ0n) is 10.1. The van der Waals surface area contributed by atoms with Crippen LogP contribution in [0, 0.1) is 5.82 Å². The number of halogens is 1. The average molecular weight is 256 g/mol. The second-order valence-corrected chi connectivity index (χ2v) is 4.00. The Labute approximate surface area is 110 Å². The van der Waals surface area contributed by atoms with Gasteiger partial charge in [0.15, 0.2) is 0 Å². The number of carbonyl (C=O) groups excluding carboxylic acids is 1. The monoisotopic (exact) mass is 256 g/mol. The van der Waals surface area contributed by atoms with Crippen molar-refractivity contribution in [3.63, 3.8) is 0 Å². The van der Waals surface area contributed by atoms with E-state index in [9.17, 15) is 9.18 Å². The molecule has 2 rings (SSSR count). The van der Waals surface area contributed by atoms with Gasteiger partial charge in [-0.3, -0.25) is 4.79 Å². The largest absolute Gasteiger partial charge is 0.399 e. The number of hydrogen-bond donors (Lipinski definition) is 2. The van der Waals surface area contributed by atoms with E-state index in [0.717, 1.165) is 5.56 Å². The molecular weight excluding hydrogens is 243 g/mol. The first-order valence-electron chi connectivity index (χ1n) is 5.74. The molecule has 0 unspecified atom stereocenters. The molecule has 2 aromatic rings. The number of hydrogen-bond acceptors (Lipinski definition) is 2. The van der Waals surface area contributed by atoms with Crippen LogP contribution in [0.2, 0.25) is 0 Å². The summed E-state index contributed by atoms with van der Waals surface area (Å²) in [5.41, 5.74) is 7.61. The number of rotatable bonds is 3. The van der Waals surface area contributed by atoms with Crippen molar-refractivity contribution in [1.82, 2.24) is 0 Å². The lowest BCUT2D eigenvalue weighted by Gasteiger charge is -2.02. The number of nitrogens with two attached hydrogens (primary N) is 1. The summed E-state index contributed by atoms with van der Waals surface area (Å²) in [6.07, 6.45) is 3.01. The molecule has 96 valence electrons. The fourth-order valence-corrected chi connectivity index (χ4v) is 1.50. The molecule has 3 nitrogen and oxygen atoms in total. The summed E-state index contributed by atoms with van der Waals surface area (Å²) >= 11 is 0. The van der Waals surface area contributed by atoms with Crippen LogP contribution in [0.4, 0.5) is 15.8 Å². The molecule has 1 amide bonds. The molecule has 0 aromatic heterocycles. The first kappa shape index (κ1) is 12.8. The van der Waals surface area contributed by atoms with Crippen molar-refractivity contribution in [1.29, 1.82) is 0 Å². The van der Waals surface area contributed by atoms with Crippen LogP contribution in [0.15, 0.2) is 54.6 Å². The Morgan fingerprint density at radius 1 is 1.05 bits per heavy atom. The third kappa shape index (κ3) is 3.96. The van der Waals surface area contributed by atoms with Gasteiger partial charge in [-0.05, 0) is 48.0 Å². The van der Waals surface area contributed by atoms with Gasteiger partial charge in [-0.25, -0.2) is 4.39 Å². The van der Waals surface area contributed by atoms with E-state index in [4.69, 9.17) is 5.73 Å². The minimum absolute atomic E-state index is 0.255. The van der Waals surface area contributed by atoms with Gasteiger partial charge in [0.25, 0.3) is 0 Å². The SMILES string of the molecule is Nc1ccc(NC(=O)/C=C/c2ccc(F)cc2)cc1. The van der Waals surface area contributed by atoms with Gasteiger partial charge in [-0.2, -0.15) is 0 Å². The van der Waals surface area contributed by atoms with Gasteiger partial charge in [0, 0.05) is 17.5 Å². The van der Waals surface area contributed by atoms with E-state index < -0.39 is 0 Å². The Bertz CT molecular complexity index is 589. The maximum absolute atomic E-state index is 12.7. The van der Waals surface area contributed by atoms with Gasteiger partial charge in [0.1, 0.15) is 5.82 Å².